The SMILES string of the molecule is CN1C2CCC1CC(O)(c1cccc3cnccc13)C2. The van der Waals surface area contributed by atoms with Crippen LogP contribution in [0.3, 0.4) is 0 Å². The highest BCUT2D eigenvalue weighted by molar-refractivity contribution is 5.85. The molecule has 2 bridgehead atoms. The first-order valence-electron chi connectivity index (χ1n) is 7.45. The largest absolute Gasteiger partial charge is 0.385 e. The quantitative estimate of drug-likeness (QED) is 0.864. The van der Waals surface area contributed by atoms with Gasteiger partial charge in [0.15, 0.2) is 0 Å². The summed E-state index contributed by atoms with van der Waals surface area (Å²) in [4.78, 5) is 6.65. The monoisotopic (exact) mass is 268 g/mol. The van der Waals surface area contributed by atoms with E-state index in [1.54, 1.807) is 0 Å². The molecule has 2 saturated heterocycles. The summed E-state index contributed by atoms with van der Waals surface area (Å²) in [5.41, 5.74) is 0.404. The number of hydrogen-bond acceptors (Lipinski definition) is 3. The van der Waals surface area contributed by atoms with Crippen LogP contribution in [0.1, 0.15) is 31.2 Å². The van der Waals surface area contributed by atoms with E-state index in [1.165, 1.54) is 12.8 Å². The summed E-state index contributed by atoms with van der Waals surface area (Å²) in [6.07, 6.45) is 7.83. The van der Waals surface area contributed by atoms with Gasteiger partial charge in [-0.05, 0) is 49.7 Å². The normalized spacial score (nSPS) is 33.7. The van der Waals surface area contributed by atoms with Gasteiger partial charge in [0.25, 0.3) is 0 Å². The Hall–Kier alpha value is -1.45. The van der Waals surface area contributed by atoms with Crippen LogP contribution in [0.15, 0.2) is 36.7 Å². The summed E-state index contributed by atoms with van der Waals surface area (Å²) in [5.74, 6) is 0. The lowest BCUT2D eigenvalue weighted by atomic mass is 9.79. The standard InChI is InChI=1S/C17H20N2O/c1-19-13-5-6-14(19)10-17(20,9-13)16-4-2-3-12-11-18-8-7-15(12)16/h2-4,7-8,11,13-14,20H,5-6,9-10H2,1H3. The third kappa shape index (κ3) is 1.70. The average Bonchev–Trinajstić information content (AvgIpc) is 2.70. The van der Waals surface area contributed by atoms with Crippen LogP contribution < -0.4 is 0 Å². The van der Waals surface area contributed by atoms with Gasteiger partial charge in [-0.25, -0.2) is 0 Å². The van der Waals surface area contributed by atoms with E-state index in [0.717, 1.165) is 29.2 Å². The number of rotatable bonds is 1. The molecule has 4 rings (SSSR count). The van der Waals surface area contributed by atoms with Crippen LogP contribution in [0.25, 0.3) is 10.8 Å². The van der Waals surface area contributed by atoms with Crippen LogP contribution in [-0.4, -0.2) is 34.1 Å². The van der Waals surface area contributed by atoms with Crippen molar-refractivity contribution in [3.63, 3.8) is 0 Å². The van der Waals surface area contributed by atoms with E-state index in [4.69, 9.17) is 0 Å². The summed E-state index contributed by atoms with van der Waals surface area (Å²) in [5, 5.41) is 13.6. The highest BCUT2D eigenvalue weighted by Gasteiger charge is 2.47. The summed E-state index contributed by atoms with van der Waals surface area (Å²) in [6, 6.07) is 9.28. The molecule has 3 heterocycles. The molecule has 1 aromatic carbocycles. The fourth-order valence-corrected chi connectivity index (χ4v) is 4.19. The van der Waals surface area contributed by atoms with Crippen LogP contribution in [0.4, 0.5) is 0 Å². The van der Waals surface area contributed by atoms with Crippen molar-refractivity contribution in [2.45, 2.75) is 43.4 Å². The zero-order chi connectivity index (χ0) is 13.7. The average molecular weight is 268 g/mol. The molecule has 104 valence electrons. The molecule has 0 aliphatic carbocycles. The number of aromatic nitrogens is 1. The first-order valence-corrected chi connectivity index (χ1v) is 7.45. The van der Waals surface area contributed by atoms with Gasteiger partial charge < -0.3 is 10.0 Å². The Morgan fingerprint density at radius 1 is 1.20 bits per heavy atom. The van der Waals surface area contributed by atoms with Crippen molar-refractivity contribution in [2.24, 2.45) is 0 Å². The molecule has 3 heteroatoms. The van der Waals surface area contributed by atoms with Gasteiger partial charge in [0.1, 0.15) is 0 Å². The van der Waals surface area contributed by atoms with Crippen molar-refractivity contribution in [3.8, 4) is 0 Å². The summed E-state index contributed by atoms with van der Waals surface area (Å²) < 4.78 is 0. The van der Waals surface area contributed by atoms with Gasteiger partial charge in [0, 0.05) is 29.9 Å². The molecular formula is C17H20N2O. The zero-order valence-electron chi connectivity index (χ0n) is 11.8. The summed E-state index contributed by atoms with van der Waals surface area (Å²) >= 11 is 0. The first-order chi connectivity index (χ1) is 9.67. The molecule has 2 aliphatic rings. The number of benzene rings is 1. The van der Waals surface area contributed by atoms with Crippen LogP contribution >= 0.6 is 0 Å². The minimum absolute atomic E-state index is 0.524. The maximum Gasteiger partial charge on any atom is 0.0932 e. The number of piperidine rings is 1. The van der Waals surface area contributed by atoms with E-state index in [-0.39, 0.29) is 0 Å². The van der Waals surface area contributed by atoms with Gasteiger partial charge in [-0.2, -0.15) is 0 Å². The predicted molar refractivity (Wildman–Crippen MR) is 79.4 cm³/mol. The van der Waals surface area contributed by atoms with Crippen molar-refractivity contribution >= 4 is 10.8 Å². The minimum atomic E-state index is -0.681. The van der Waals surface area contributed by atoms with Crippen LogP contribution in [0, 0.1) is 0 Å². The maximum atomic E-state index is 11.3. The molecule has 20 heavy (non-hydrogen) atoms. The van der Waals surface area contributed by atoms with Crippen LogP contribution in [-0.2, 0) is 5.60 Å². The summed E-state index contributed by atoms with van der Waals surface area (Å²) in [6.45, 7) is 0. The lowest BCUT2D eigenvalue weighted by molar-refractivity contribution is -0.0482. The molecule has 3 nitrogen and oxygen atoms in total. The van der Waals surface area contributed by atoms with E-state index >= 15 is 0 Å². The Kier molecular flexibility index (Phi) is 2.63. The number of fused-ring (bicyclic) bond motifs is 3. The lowest BCUT2D eigenvalue weighted by Gasteiger charge is -2.42. The maximum absolute atomic E-state index is 11.3. The molecule has 0 spiro atoms. The Balaban J connectivity index is 1.83. The molecule has 2 fully saturated rings. The highest BCUT2D eigenvalue weighted by Crippen LogP contribution is 2.46. The fraction of sp³-hybridized carbons (Fsp3) is 0.471. The highest BCUT2D eigenvalue weighted by atomic mass is 16.3. The molecule has 1 aromatic heterocycles. The molecule has 0 amide bonds. The van der Waals surface area contributed by atoms with E-state index in [2.05, 4.69) is 29.1 Å². The predicted octanol–water partition coefficient (Wildman–Crippen LogP) is 2.68. The van der Waals surface area contributed by atoms with Crippen molar-refractivity contribution < 1.29 is 5.11 Å². The molecule has 1 N–H and O–H groups in total. The van der Waals surface area contributed by atoms with Crippen LogP contribution in [0.5, 0.6) is 0 Å². The Labute approximate surface area is 119 Å². The smallest absolute Gasteiger partial charge is 0.0932 e. The van der Waals surface area contributed by atoms with Crippen molar-refractivity contribution in [1.82, 2.24) is 9.88 Å². The number of hydrogen-bond donors (Lipinski definition) is 1. The third-order valence-corrected chi connectivity index (χ3v) is 5.31. The molecule has 2 aromatic rings. The zero-order valence-corrected chi connectivity index (χ0v) is 11.8. The Morgan fingerprint density at radius 3 is 2.70 bits per heavy atom. The van der Waals surface area contributed by atoms with E-state index in [0.29, 0.717) is 12.1 Å². The Morgan fingerprint density at radius 2 is 1.95 bits per heavy atom. The minimum Gasteiger partial charge on any atom is -0.385 e. The molecule has 2 aliphatic heterocycles. The third-order valence-electron chi connectivity index (χ3n) is 5.31. The van der Waals surface area contributed by atoms with Gasteiger partial charge in [-0.15, -0.1) is 0 Å². The van der Waals surface area contributed by atoms with Crippen molar-refractivity contribution in [3.05, 3.63) is 42.2 Å². The molecular weight excluding hydrogens is 248 g/mol. The molecule has 2 unspecified atom stereocenters. The lowest BCUT2D eigenvalue weighted by Crippen LogP contribution is -2.47. The fourth-order valence-electron chi connectivity index (χ4n) is 4.19. The van der Waals surface area contributed by atoms with Gasteiger partial charge in [0.2, 0.25) is 0 Å². The molecule has 2 atom stereocenters. The second kappa shape index (κ2) is 4.27. The van der Waals surface area contributed by atoms with Crippen molar-refractivity contribution in [2.75, 3.05) is 7.05 Å². The second-order valence-corrected chi connectivity index (χ2v) is 6.39. The molecule has 0 radical (unpaired) electrons. The number of nitrogens with zero attached hydrogens (tertiary/aromatic N) is 2. The van der Waals surface area contributed by atoms with Gasteiger partial charge >= 0.3 is 0 Å². The van der Waals surface area contributed by atoms with Gasteiger partial charge in [-0.3, -0.25) is 4.98 Å². The van der Waals surface area contributed by atoms with E-state index in [1.807, 2.05) is 24.5 Å². The van der Waals surface area contributed by atoms with Crippen LogP contribution in [0.2, 0.25) is 0 Å². The number of pyridine rings is 1. The topological polar surface area (TPSA) is 36.4 Å². The molecule has 0 saturated carbocycles. The Bertz CT molecular complexity index is 635. The van der Waals surface area contributed by atoms with Gasteiger partial charge in [-0.1, -0.05) is 18.2 Å². The van der Waals surface area contributed by atoms with Crippen molar-refractivity contribution in [1.29, 1.82) is 0 Å². The van der Waals surface area contributed by atoms with Gasteiger partial charge in [0.05, 0.1) is 5.60 Å². The summed E-state index contributed by atoms with van der Waals surface area (Å²) in [7, 11) is 2.20. The van der Waals surface area contributed by atoms with E-state index < -0.39 is 5.60 Å². The van der Waals surface area contributed by atoms with E-state index in [9.17, 15) is 5.11 Å². The number of aliphatic hydroxyl groups is 1. The first kappa shape index (κ1) is 12.3. The second-order valence-electron chi connectivity index (χ2n) is 6.39.